The standard InChI is InChI=1S/C27H21ClN4O3S/c1-34-24-14-17(21-7-4-19(28)15-25(21)35-2)3-6-23(24)27-22-8-5-20(13-18(22)9-12-30-27)36(33)32-26-10-11-29-16-31-26/h3-16H,1-2H3,(H,29,31,32). The molecule has 2 aromatic heterocycles. The van der Waals surface area contributed by atoms with Gasteiger partial charge in [-0.25, -0.2) is 14.2 Å². The number of hydrogen-bond acceptors (Lipinski definition) is 6. The van der Waals surface area contributed by atoms with Gasteiger partial charge < -0.3 is 9.47 Å². The Bertz CT molecular complexity index is 1580. The first-order valence-corrected chi connectivity index (χ1v) is 12.5. The van der Waals surface area contributed by atoms with E-state index in [-0.39, 0.29) is 0 Å². The Kier molecular flexibility index (Phi) is 6.79. The van der Waals surface area contributed by atoms with Crippen molar-refractivity contribution in [3.05, 3.63) is 90.5 Å². The summed E-state index contributed by atoms with van der Waals surface area (Å²) in [4.78, 5) is 13.2. The molecule has 0 aliphatic carbocycles. The van der Waals surface area contributed by atoms with E-state index in [0.29, 0.717) is 27.2 Å². The minimum Gasteiger partial charge on any atom is -0.496 e. The van der Waals surface area contributed by atoms with E-state index in [1.165, 1.54) is 6.33 Å². The zero-order chi connectivity index (χ0) is 25.1. The summed E-state index contributed by atoms with van der Waals surface area (Å²) < 4.78 is 27.0. The van der Waals surface area contributed by atoms with Crippen LogP contribution in [-0.2, 0) is 11.0 Å². The minimum absolute atomic E-state index is 0.487. The van der Waals surface area contributed by atoms with Gasteiger partial charge in [0.05, 0.1) is 24.8 Å². The van der Waals surface area contributed by atoms with Crippen LogP contribution in [0, 0.1) is 0 Å². The number of anilines is 1. The molecule has 0 saturated carbocycles. The second-order valence-electron chi connectivity index (χ2n) is 7.77. The van der Waals surface area contributed by atoms with Gasteiger partial charge in [-0.05, 0) is 65.5 Å². The first kappa shape index (κ1) is 23.7. The van der Waals surface area contributed by atoms with Crippen LogP contribution in [0.3, 0.4) is 0 Å². The largest absolute Gasteiger partial charge is 0.496 e. The van der Waals surface area contributed by atoms with Crippen LogP contribution in [0.4, 0.5) is 5.82 Å². The molecule has 7 nitrogen and oxygen atoms in total. The van der Waals surface area contributed by atoms with Crippen molar-refractivity contribution in [2.24, 2.45) is 0 Å². The molecule has 0 bridgehead atoms. The Balaban J connectivity index is 1.52. The fraction of sp³-hybridized carbons (Fsp3) is 0.0741. The van der Waals surface area contributed by atoms with Crippen molar-refractivity contribution in [1.29, 1.82) is 0 Å². The van der Waals surface area contributed by atoms with Crippen LogP contribution in [0.25, 0.3) is 33.2 Å². The Labute approximate surface area is 215 Å². The van der Waals surface area contributed by atoms with Gasteiger partial charge in [0.1, 0.15) is 23.6 Å². The number of pyridine rings is 1. The molecule has 1 atom stereocenters. The van der Waals surface area contributed by atoms with Gasteiger partial charge in [0, 0.05) is 33.9 Å². The lowest BCUT2D eigenvalue weighted by Crippen LogP contribution is -2.06. The number of halogens is 1. The lowest BCUT2D eigenvalue weighted by Gasteiger charge is -2.14. The summed E-state index contributed by atoms with van der Waals surface area (Å²) in [5.74, 6) is 1.83. The Hall–Kier alpha value is -4.01. The molecular weight excluding hydrogens is 496 g/mol. The molecule has 5 rings (SSSR count). The van der Waals surface area contributed by atoms with Crippen LogP contribution in [0.5, 0.6) is 11.5 Å². The lowest BCUT2D eigenvalue weighted by molar-refractivity contribution is 0.414. The van der Waals surface area contributed by atoms with E-state index < -0.39 is 11.0 Å². The second kappa shape index (κ2) is 10.3. The van der Waals surface area contributed by atoms with E-state index in [0.717, 1.165) is 33.2 Å². The number of rotatable bonds is 7. The van der Waals surface area contributed by atoms with E-state index in [2.05, 4.69) is 19.7 Å². The molecule has 0 spiro atoms. The molecule has 9 heteroatoms. The number of fused-ring (bicyclic) bond motifs is 1. The molecule has 0 aliphatic heterocycles. The highest BCUT2D eigenvalue weighted by atomic mass is 35.5. The van der Waals surface area contributed by atoms with Gasteiger partial charge in [-0.2, -0.15) is 0 Å². The van der Waals surface area contributed by atoms with Gasteiger partial charge in [-0.3, -0.25) is 9.71 Å². The Morgan fingerprint density at radius 3 is 2.42 bits per heavy atom. The van der Waals surface area contributed by atoms with Gasteiger partial charge in [0.15, 0.2) is 11.0 Å². The number of ether oxygens (including phenoxy) is 2. The average molecular weight is 517 g/mol. The van der Waals surface area contributed by atoms with Gasteiger partial charge in [-0.15, -0.1) is 0 Å². The highest BCUT2D eigenvalue weighted by molar-refractivity contribution is 7.86. The zero-order valence-corrected chi connectivity index (χ0v) is 21.0. The van der Waals surface area contributed by atoms with E-state index in [1.54, 1.807) is 38.7 Å². The third-order valence-electron chi connectivity index (χ3n) is 5.66. The van der Waals surface area contributed by atoms with Crippen molar-refractivity contribution >= 4 is 39.2 Å². The third kappa shape index (κ3) is 4.73. The number of nitrogens with zero attached hydrogens (tertiary/aromatic N) is 3. The summed E-state index contributed by atoms with van der Waals surface area (Å²) >= 11 is 6.13. The van der Waals surface area contributed by atoms with Crippen molar-refractivity contribution in [2.75, 3.05) is 18.9 Å². The summed E-state index contributed by atoms with van der Waals surface area (Å²) in [5.41, 5.74) is 3.44. The maximum atomic E-state index is 12.8. The molecule has 0 amide bonds. The van der Waals surface area contributed by atoms with Crippen molar-refractivity contribution in [2.45, 2.75) is 4.90 Å². The first-order chi connectivity index (χ1) is 17.6. The Morgan fingerprint density at radius 2 is 1.64 bits per heavy atom. The monoisotopic (exact) mass is 516 g/mol. The molecular formula is C27H21ClN4O3S. The second-order valence-corrected chi connectivity index (χ2v) is 9.42. The van der Waals surface area contributed by atoms with Crippen LogP contribution in [-0.4, -0.2) is 33.4 Å². The van der Waals surface area contributed by atoms with Gasteiger partial charge in [0.25, 0.3) is 0 Å². The highest BCUT2D eigenvalue weighted by Crippen LogP contribution is 2.39. The van der Waals surface area contributed by atoms with Crippen molar-refractivity contribution < 1.29 is 13.7 Å². The third-order valence-corrected chi connectivity index (χ3v) is 6.97. The molecule has 5 aromatic rings. The summed E-state index contributed by atoms with van der Waals surface area (Å²) in [6.45, 7) is 0. The van der Waals surface area contributed by atoms with Gasteiger partial charge in [-0.1, -0.05) is 23.7 Å². The van der Waals surface area contributed by atoms with Crippen LogP contribution in [0.1, 0.15) is 0 Å². The molecule has 1 N–H and O–H groups in total. The molecule has 1 unspecified atom stereocenters. The maximum absolute atomic E-state index is 12.8. The van der Waals surface area contributed by atoms with E-state index in [4.69, 9.17) is 21.1 Å². The van der Waals surface area contributed by atoms with Crippen molar-refractivity contribution in [3.63, 3.8) is 0 Å². The molecule has 180 valence electrons. The fourth-order valence-corrected chi connectivity index (χ4v) is 4.97. The molecule has 2 heterocycles. The molecule has 0 saturated heterocycles. The van der Waals surface area contributed by atoms with E-state index in [9.17, 15) is 4.21 Å². The maximum Gasteiger partial charge on any atom is 0.151 e. The summed E-state index contributed by atoms with van der Waals surface area (Å²) in [6, 6.07) is 20.6. The van der Waals surface area contributed by atoms with Crippen molar-refractivity contribution in [1.82, 2.24) is 15.0 Å². The molecule has 36 heavy (non-hydrogen) atoms. The zero-order valence-electron chi connectivity index (χ0n) is 19.4. The average Bonchev–Trinajstić information content (AvgIpc) is 2.92. The number of aromatic nitrogens is 3. The molecule has 0 fully saturated rings. The SMILES string of the molecule is COc1cc(Cl)ccc1-c1ccc(-c2nccc3cc(S(=O)Nc4ccncn4)ccc23)c(OC)c1. The van der Waals surface area contributed by atoms with Gasteiger partial charge >= 0.3 is 0 Å². The minimum atomic E-state index is -1.48. The van der Waals surface area contributed by atoms with Crippen LogP contribution < -0.4 is 14.2 Å². The van der Waals surface area contributed by atoms with Crippen LogP contribution in [0.15, 0.2) is 90.3 Å². The summed E-state index contributed by atoms with van der Waals surface area (Å²) in [5, 5.41) is 2.42. The first-order valence-electron chi connectivity index (χ1n) is 10.9. The van der Waals surface area contributed by atoms with Gasteiger partial charge in [0.2, 0.25) is 0 Å². The van der Waals surface area contributed by atoms with Crippen LogP contribution in [0.2, 0.25) is 5.02 Å². The molecule has 0 aliphatic rings. The Morgan fingerprint density at radius 1 is 0.833 bits per heavy atom. The quantitative estimate of drug-likeness (QED) is 0.278. The molecule has 3 aromatic carbocycles. The summed E-state index contributed by atoms with van der Waals surface area (Å²) in [6.07, 6.45) is 4.73. The van der Waals surface area contributed by atoms with Crippen LogP contribution >= 0.6 is 11.6 Å². The summed E-state index contributed by atoms with van der Waals surface area (Å²) in [7, 11) is 1.76. The number of hydrogen-bond donors (Lipinski definition) is 1. The van der Waals surface area contributed by atoms with E-state index in [1.807, 2.05) is 54.6 Å². The normalized spacial score (nSPS) is 11.8. The predicted octanol–water partition coefficient (Wildman–Crippen LogP) is 6.16. The van der Waals surface area contributed by atoms with Crippen molar-refractivity contribution in [3.8, 4) is 33.9 Å². The molecule has 0 radical (unpaired) electrons. The predicted molar refractivity (Wildman–Crippen MR) is 143 cm³/mol. The lowest BCUT2D eigenvalue weighted by atomic mass is 9.98. The number of methoxy groups -OCH3 is 2. The number of benzene rings is 3. The topological polar surface area (TPSA) is 86.2 Å². The highest BCUT2D eigenvalue weighted by Gasteiger charge is 2.15. The fourth-order valence-electron chi connectivity index (χ4n) is 3.95. The smallest absolute Gasteiger partial charge is 0.151 e. The van der Waals surface area contributed by atoms with E-state index >= 15 is 0 Å². The number of nitrogens with one attached hydrogen (secondary N) is 1.